The van der Waals surface area contributed by atoms with Gasteiger partial charge in [-0.3, -0.25) is 9.78 Å². The number of hydrogen-bond donors (Lipinski definition) is 0. The van der Waals surface area contributed by atoms with Crippen LogP contribution in [0.15, 0.2) is 54.9 Å². The lowest BCUT2D eigenvalue weighted by Crippen LogP contribution is -2.34. The number of rotatable bonds is 2. The van der Waals surface area contributed by atoms with E-state index in [1.165, 1.54) is 5.56 Å². The highest BCUT2D eigenvalue weighted by molar-refractivity contribution is 6.04. The first kappa shape index (κ1) is 12.6. The van der Waals surface area contributed by atoms with E-state index in [0.29, 0.717) is 0 Å². The van der Waals surface area contributed by atoms with Crippen LogP contribution < -0.4 is 4.90 Å². The van der Waals surface area contributed by atoms with Crippen molar-refractivity contribution < 1.29 is 4.79 Å². The van der Waals surface area contributed by atoms with E-state index in [9.17, 15) is 4.79 Å². The summed E-state index contributed by atoms with van der Waals surface area (Å²) >= 11 is 0. The van der Waals surface area contributed by atoms with Gasteiger partial charge < -0.3 is 4.90 Å². The quantitative estimate of drug-likeness (QED) is 0.781. The third-order valence-electron chi connectivity index (χ3n) is 3.48. The Morgan fingerprint density at radius 3 is 2.95 bits per heavy atom. The predicted octanol–water partition coefficient (Wildman–Crippen LogP) is 3.07. The van der Waals surface area contributed by atoms with E-state index in [2.05, 4.69) is 11.1 Å². The van der Waals surface area contributed by atoms with Gasteiger partial charge in [-0.1, -0.05) is 24.3 Å². The number of benzene rings is 1. The minimum Gasteiger partial charge on any atom is -0.309 e. The molecule has 3 rings (SSSR count). The van der Waals surface area contributed by atoms with E-state index < -0.39 is 0 Å². The topological polar surface area (TPSA) is 33.2 Å². The monoisotopic (exact) mass is 264 g/mol. The van der Waals surface area contributed by atoms with Crippen LogP contribution in [0.1, 0.15) is 17.5 Å². The molecule has 3 heteroatoms. The minimum atomic E-state index is 0.0287. The summed E-state index contributed by atoms with van der Waals surface area (Å²) in [6.07, 6.45) is 8.97. The first-order valence-electron chi connectivity index (χ1n) is 6.82. The summed E-state index contributed by atoms with van der Waals surface area (Å²) < 4.78 is 0. The fourth-order valence-electron chi connectivity index (χ4n) is 2.49. The highest BCUT2D eigenvalue weighted by atomic mass is 16.2. The van der Waals surface area contributed by atoms with Crippen molar-refractivity contribution in [2.75, 3.05) is 11.4 Å². The Bertz CT molecular complexity index is 634. The van der Waals surface area contributed by atoms with Gasteiger partial charge in [-0.25, -0.2) is 0 Å². The zero-order chi connectivity index (χ0) is 13.8. The van der Waals surface area contributed by atoms with Crippen LogP contribution in [0.2, 0.25) is 0 Å². The standard InChI is InChI=1S/C17H16N2O/c20-17(10-9-14-5-3-11-18-13-14)19-12-4-7-15-6-1-2-8-16(15)19/h1-3,5-6,8-11,13H,4,7,12H2/b10-9+. The molecule has 1 aliphatic rings. The number of pyridine rings is 1. The second kappa shape index (κ2) is 5.70. The lowest BCUT2D eigenvalue weighted by Gasteiger charge is -2.28. The maximum absolute atomic E-state index is 12.4. The molecule has 0 aliphatic carbocycles. The molecule has 0 unspecified atom stereocenters. The van der Waals surface area contributed by atoms with Gasteiger partial charge in [0.25, 0.3) is 5.91 Å². The van der Waals surface area contributed by atoms with Crippen molar-refractivity contribution in [1.82, 2.24) is 4.98 Å². The summed E-state index contributed by atoms with van der Waals surface area (Å²) in [5.41, 5.74) is 3.23. The number of amides is 1. The Hall–Kier alpha value is -2.42. The normalized spacial score (nSPS) is 14.3. The summed E-state index contributed by atoms with van der Waals surface area (Å²) in [4.78, 5) is 18.2. The van der Waals surface area contributed by atoms with Crippen LogP contribution in [0, 0.1) is 0 Å². The summed E-state index contributed by atoms with van der Waals surface area (Å²) in [6.45, 7) is 0.785. The Morgan fingerprint density at radius 2 is 2.10 bits per heavy atom. The molecule has 20 heavy (non-hydrogen) atoms. The van der Waals surface area contributed by atoms with Crippen molar-refractivity contribution in [2.45, 2.75) is 12.8 Å². The van der Waals surface area contributed by atoms with Crippen LogP contribution >= 0.6 is 0 Å². The molecule has 0 fully saturated rings. The maximum atomic E-state index is 12.4. The Balaban J connectivity index is 1.80. The van der Waals surface area contributed by atoms with Crippen LogP contribution in [0.25, 0.3) is 6.08 Å². The molecule has 0 atom stereocenters. The number of aromatic nitrogens is 1. The first-order valence-corrected chi connectivity index (χ1v) is 6.82. The van der Waals surface area contributed by atoms with E-state index in [0.717, 1.165) is 30.6 Å². The van der Waals surface area contributed by atoms with Gasteiger partial charge in [0.05, 0.1) is 0 Å². The molecule has 1 aliphatic heterocycles. The maximum Gasteiger partial charge on any atom is 0.250 e. The predicted molar refractivity (Wildman–Crippen MR) is 80.4 cm³/mol. The Labute approximate surface area is 118 Å². The lowest BCUT2D eigenvalue weighted by molar-refractivity contribution is -0.114. The van der Waals surface area contributed by atoms with Crippen molar-refractivity contribution in [1.29, 1.82) is 0 Å². The van der Waals surface area contributed by atoms with Gasteiger partial charge in [-0.15, -0.1) is 0 Å². The minimum absolute atomic E-state index is 0.0287. The van der Waals surface area contributed by atoms with Crippen LogP contribution in [-0.2, 0) is 11.2 Å². The lowest BCUT2D eigenvalue weighted by atomic mass is 10.0. The number of carbonyl (C=O) groups excluding carboxylic acids is 1. The Kier molecular flexibility index (Phi) is 3.59. The molecule has 100 valence electrons. The third kappa shape index (κ3) is 2.62. The second-order valence-electron chi connectivity index (χ2n) is 4.84. The third-order valence-corrected chi connectivity index (χ3v) is 3.48. The van der Waals surface area contributed by atoms with Crippen molar-refractivity contribution >= 4 is 17.7 Å². The van der Waals surface area contributed by atoms with Gasteiger partial charge in [0.15, 0.2) is 0 Å². The van der Waals surface area contributed by atoms with Crippen LogP contribution in [0.4, 0.5) is 5.69 Å². The van der Waals surface area contributed by atoms with Crippen molar-refractivity contribution in [3.8, 4) is 0 Å². The van der Waals surface area contributed by atoms with Crippen LogP contribution in [0.3, 0.4) is 0 Å². The summed E-state index contributed by atoms with van der Waals surface area (Å²) in [5, 5.41) is 0. The highest BCUT2D eigenvalue weighted by Crippen LogP contribution is 2.26. The fraction of sp³-hybridized carbons (Fsp3) is 0.176. The van der Waals surface area contributed by atoms with Gasteiger partial charge in [-0.2, -0.15) is 0 Å². The number of fused-ring (bicyclic) bond motifs is 1. The molecule has 1 amide bonds. The number of anilines is 1. The molecule has 0 spiro atoms. The fourth-order valence-corrected chi connectivity index (χ4v) is 2.49. The van der Waals surface area contributed by atoms with Gasteiger partial charge in [0.2, 0.25) is 0 Å². The number of nitrogens with zero attached hydrogens (tertiary/aromatic N) is 2. The zero-order valence-corrected chi connectivity index (χ0v) is 11.2. The van der Waals surface area contributed by atoms with E-state index in [4.69, 9.17) is 0 Å². The molecule has 3 nitrogen and oxygen atoms in total. The van der Waals surface area contributed by atoms with E-state index >= 15 is 0 Å². The van der Waals surface area contributed by atoms with Crippen molar-refractivity contribution in [2.24, 2.45) is 0 Å². The smallest absolute Gasteiger partial charge is 0.250 e. The number of aryl methyl sites for hydroxylation is 1. The highest BCUT2D eigenvalue weighted by Gasteiger charge is 2.20. The summed E-state index contributed by atoms with van der Waals surface area (Å²) in [5.74, 6) is 0.0287. The largest absolute Gasteiger partial charge is 0.309 e. The zero-order valence-electron chi connectivity index (χ0n) is 11.2. The molecule has 1 aromatic heterocycles. The number of para-hydroxylation sites is 1. The van der Waals surface area contributed by atoms with E-state index in [1.807, 2.05) is 41.3 Å². The number of hydrogen-bond acceptors (Lipinski definition) is 2. The van der Waals surface area contributed by atoms with Gasteiger partial charge >= 0.3 is 0 Å². The van der Waals surface area contributed by atoms with Crippen molar-refractivity contribution in [3.63, 3.8) is 0 Å². The number of carbonyl (C=O) groups is 1. The molecule has 1 aromatic carbocycles. The Morgan fingerprint density at radius 1 is 1.20 bits per heavy atom. The second-order valence-corrected chi connectivity index (χ2v) is 4.84. The molecule has 0 saturated carbocycles. The SMILES string of the molecule is O=C(/C=C/c1cccnc1)N1CCCc2ccccc21. The molecule has 0 radical (unpaired) electrons. The molecule has 0 N–H and O–H groups in total. The average molecular weight is 264 g/mol. The molecule has 2 aromatic rings. The van der Waals surface area contributed by atoms with Gasteiger partial charge in [-0.05, 0) is 42.2 Å². The van der Waals surface area contributed by atoms with Crippen molar-refractivity contribution in [3.05, 3.63) is 66.0 Å². The summed E-state index contributed by atoms with van der Waals surface area (Å²) in [7, 11) is 0. The molecule has 0 bridgehead atoms. The average Bonchev–Trinajstić information content (AvgIpc) is 2.53. The molecular weight excluding hydrogens is 248 g/mol. The van der Waals surface area contributed by atoms with Crippen LogP contribution in [-0.4, -0.2) is 17.4 Å². The van der Waals surface area contributed by atoms with E-state index in [1.54, 1.807) is 18.5 Å². The van der Waals surface area contributed by atoms with Crippen LogP contribution in [0.5, 0.6) is 0 Å². The molecular formula is C17H16N2O. The molecule has 0 saturated heterocycles. The first-order chi connectivity index (χ1) is 9.84. The van der Waals surface area contributed by atoms with E-state index in [-0.39, 0.29) is 5.91 Å². The van der Waals surface area contributed by atoms with Gasteiger partial charge in [0, 0.05) is 30.7 Å². The van der Waals surface area contributed by atoms with Gasteiger partial charge in [0.1, 0.15) is 0 Å². The summed E-state index contributed by atoms with van der Waals surface area (Å²) in [6, 6.07) is 11.9. The molecule has 2 heterocycles.